The summed E-state index contributed by atoms with van der Waals surface area (Å²) in [5.41, 5.74) is 1.12. The lowest BCUT2D eigenvalue weighted by molar-refractivity contribution is -0.0959. The molecule has 2 saturated heterocycles. The van der Waals surface area contributed by atoms with Gasteiger partial charge in [-0.05, 0) is 43.4 Å². The smallest absolute Gasteiger partial charge is 0.118 e. The van der Waals surface area contributed by atoms with Crippen LogP contribution in [0.4, 0.5) is 0 Å². The SMILES string of the molecule is COc1ccc(COC2CC3(C(C)C)CCC2(C)O3)cc1. The number of fused-ring (bicyclic) bond motifs is 2. The molecular formula is C18H26O3. The van der Waals surface area contributed by atoms with E-state index < -0.39 is 0 Å². The number of rotatable bonds is 5. The van der Waals surface area contributed by atoms with Crippen molar-refractivity contribution in [2.75, 3.05) is 7.11 Å². The molecule has 0 aromatic heterocycles. The van der Waals surface area contributed by atoms with Crippen LogP contribution >= 0.6 is 0 Å². The predicted molar refractivity (Wildman–Crippen MR) is 82.5 cm³/mol. The third-order valence-corrected chi connectivity index (χ3v) is 5.36. The molecule has 0 radical (unpaired) electrons. The van der Waals surface area contributed by atoms with Crippen LogP contribution in [0.25, 0.3) is 0 Å². The molecule has 0 aliphatic carbocycles. The second-order valence-corrected chi connectivity index (χ2v) is 6.99. The molecule has 3 heteroatoms. The van der Waals surface area contributed by atoms with E-state index in [2.05, 4.69) is 32.9 Å². The zero-order chi connectivity index (χ0) is 15.1. The highest BCUT2D eigenvalue weighted by atomic mass is 16.6. The van der Waals surface area contributed by atoms with Gasteiger partial charge in [-0.1, -0.05) is 26.0 Å². The van der Waals surface area contributed by atoms with Crippen molar-refractivity contribution in [2.24, 2.45) is 5.92 Å². The second-order valence-electron chi connectivity index (χ2n) is 6.99. The summed E-state index contributed by atoms with van der Waals surface area (Å²) in [6.07, 6.45) is 3.51. The van der Waals surface area contributed by atoms with Crippen LogP contribution < -0.4 is 4.74 Å². The Hall–Kier alpha value is -1.06. The van der Waals surface area contributed by atoms with Crippen LogP contribution in [-0.4, -0.2) is 24.4 Å². The highest BCUT2D eigenvalue weighted by Crippen LogP contribution is 2.55. The summed E-state index contributed by atoms with van der Waals surface area (Å²) >= 11 is 0. The molecule has 0 N–H and O–H groups in total. The number of hydrogen-bond acceptors (Lipinski definition) is 3. The van der Waals surface area contributed by atoms with Crippen LogP contribution in [0.5, 0.6) is 5.75 Å². The third kappa shape index (κ3) is 2.58. The van der Waals surface area contributed by atoms with Crippen LogP contribution in [0.2, 0.25) is 0 Å². The Morgan fingerprint density at radius 3 is 2.52 bits per heavy atom. The first-order valence-corrected chi connectivity index (χ1v) is 7.92. The molecule has 1 aromatic rings. The van der Waals surface area contributed by atoms with Gasteiger partial charge in [0.1, 0.15) is 5.75 Å². The predicted octanol–water partition coefficient (Wildman–Crippen LogP) is 3.95. The number of hydrogen-bond donors (Lipinski definition) is 0. The molecule has 3 nitrogen and oxygen atoms in total. The average molecular weight is 290 g/mol. The Balaban J connectivity index is 1.63. The van der Waals surface area contributed by atoms with Crippen molar-refractivity contribution in [3.63, 3.8) is 0 Å². The molecule has 3 unspecified atom stereocenters. The maximum Gasteiger partial charge on any atom is 0.118 e. The molecule has 2 aliphatic heterocycles. The Morgan fingerprint density at radius 2 is 1.95 bits per heavy atom. The van der Waals surface area contributed by atoms with Crippen molar-refractivity contribution in [3.05, 3.63) is 29.8 Å². The zero-order valence-corrected chi connectivity index (χ0v) is 13.5. The van der Waals surface area contributed by atoms with Crippen LogP contribution in [0.3, 0.4) is 0 Å². The fourth-order valence-electron chi connectivity index (χ4n) is 3.72. The quantitative estimate of drug-likeness (QED) is 0.822. The van der Waals surface area contributed by atoms with Gasteiger partial charge in [-0.15, -0.1) is 0 Å². The first-order valence-electron chi connectivity index (χ1n) is 7.92. The fraction of sp³-hybridized carbons (Fsp3) is 0.667. The number of benzene rings is 1. The van der Waals surface area contributed by atoms with E-state index >= 15 is 0 Å². The Bertz CT molecular complexity index is 496. The summed E-state index contributed by atoms with van der Waals surface area (Å²) in [4.78, 5) is 0. The average Bonchev–Trinajstić information content (AvgIpc) is 2.98. The van der Waals surface area contributed by atoms with E-state index in [-0.39, 0.29) is 17.3 Å². The fourth-order valence-corrected chi connectivity index (χ4v) is 3.72. The van der Waals surface area contributed by atoms with Crippen molar-refractivity contribution in [3.8, 4) is 5.75 Å². The maximum atomic E-state index is 6.40. The largest absolute Gasteiger partial charge is 0.497 e. The lowest BCUT2D eigenvalue weighted by Crippen LogP contribution is -2.38. The molecule has 0 spiro atoms. The van der Waals surface area contributed by atoms with E-state index in [4.69, 9.17) is 14.2 Å². The monoisotopic (exact) mass is 290 g/mol. The van der Waals surface area contributed by atoms with Gasteiger partial charge in [0, 0.05) is 6.42 Å². The Kier molecular flexibility index (Phi) is 3.74. The van der Waals surface area contributed by atoms with Crippen LogP contribution in [0, 0.1) is 5.92 Å². The molecule has 116 valence electrons. The number of ether oxygens (including phenoxy) is 3. The second kappa shape index (κ2) is 5.29. The summed E-state index contributed by atoms with van der Waals surface area (Å²) < 4.78 is 17.8. The van der Waals surface area contributed by atoms with E-state index in [0.717, 1.165) is 18.6 Å². The Labute approximate surface area is 127 Å². The maximum absolute atomic E-state index is 6.40. The van der Waals surface area contributed by atoms with Crippen molar-refractivity contribution in [2.45, 2.75) is 63.9 Å². The summed E-state index contributed by atoms with van der Waals surface area (Å²) in [6, 6.07) is 8.08. The van der Waals surface area contributed by atoms with E-state index in [9.17, 15) is 0 Å². The molecule has 2 fully saturated rings. The minimum absolute atomic E-state index is 0.0410. The molecule has 0 amide bonds. The molecule has 2 heterocycles. The first-order chi connectivity index (χ1) is 9.97. The minimum Gasteiger partial charge on any atom is -0.497 e. The van der Waals surface area contributed by atoms with Gasteiger partial charge < -0.3 is 14.2 Å². The van der Waals surface area contributed by atoms with Gasteiger partial charge in [0.2, 0.25) is 0 Å². The Morgan fingerprint density at radius 1 is 1.24 bits per heavy atom. The molecule has 2 aliphatic rings. The van der Waals surface area contributed by atoms with Crippen LogP contribution in [-0.2, 0) is 16.1 Å². The minimum atomic E-state index is -0.100. The van der Waals surface area contributed by atoms with E-state index in [1.807, 2.05) is 12.1 Å². The highest BCUT2D eigenvalue weighted by Gasteiger charge is 2.60. The van der Waals surface area contributed by atoms with Crippen molar-refractivity contribution in [1.82, 2.24) is 0 Å². The van der Waals surface area contributed by atoms with Gasteiger partial charge in [-0.2, -0.15) is 0 Å². The third-order valence-electron chi connectivity index (χ3n) is 5.36. The summed E-state index contributed by atoms with van der Waals surface area (Å²) in [5, 5.41) is 0. The molecular weight excluding hydrogens is 264 g/mol. The van der Waals surface area contributed by atoms with Gasteiger partial charge in [-0.3, -0.25) is 0 Å². The molecule has 21 heavy (non-hydrogen) atoms. The summed E-state index contributed by atoms with van der Waals surface area (Å²) in [5.74, 6) is 1.43. The number of methoxy groups -OCH3 is 1. The van der Waals surface area contributed by atoms with E-state index in [1.54, 1.807) is 7.11 Å². The normalized spacial score (nSPS) is 34.6. The molecule has 1 aromatic carbocycles. The molecule has 0 saturated carbocycles. The van der Waals surface area contributed by atoms with Crippen molar-refractivity contribution < 1.29 is 14.2 Å². The van der Waals surface area contributed by atoms with Crippen molar-refractivity contribution >= 4 is 0 Å². The van der Waals surface area contributed by atoms with Gasteiger partial charge in [0.05, 0.1) is 31.0 Å². The van der Waals surface area contributed by atoms with Gasteiger partial charge >= 0.3 is 0 Å². The van der Waals surface area contributed by atoms with Crippen LogP contribution in [0.1, 0.15) is 45.6 Å². The highest BCUT2D eigenvalue weighted by molar-refractivity contribution is 5.26. The first kappa shape index (κ1) is 14.9. The summed E-state index contributed by atoms with van der Waals surface area (Å²) in [7, 11) is 1.68. The summed E-state index contributed by atoms with van der Waals surface area (Å²) in [6.45, 7) is 7.37. The van der Waals surface area contributed by atoms with Gasteiger partial charge in [0.15, 0.2) is 0 Å². The topological polar surface area (TPSA) is 27.7 Å². The molecule has 3 rings (SSSR count). The standard InChI is InChI=1S/C18H26O3/c1-13(2)18-10-9-17(3,21-18)16(11-18)20-12-14-5-7-15(19-4)8-6-14/h5-8,13,16H,9-12H2,1-4H3. The molecule has 2 bridgehead atoms. The van der Waals surface area contributed by atoms with Crippen molar-refractivity contribution in [1.29, 1.82) is 0 Å². The lowest BCUT2D eigenvalue weighted by atomic mass is 9.75. The van der Waals surface area contributed by atoms with E-state index in [1.165, 1.54) is 12.0 Å². The zero-order valence-electron chi connectivity index (χ0n) is 13.5. The van der Waals surface area contributed by atoms with Gasteiger partial charge in [0.25, 0.3) is 0 Å². The molecule has 3 atom stereocenters. The van der Waals surface area contributed by atoms with Gasteiger partial charge in [-0.25, -0.2) is 0 Å². The van der Waals surface area contributed by atoms with Crippen LogP contribution in [0.15, 0.2) is 24.3 Å². The lowest BCUT2D eigenvalue weighted by Gasteiger charge is -2.31. The van der Waals surface area contributed by atoms with E-state index in [0.29, 0.717) is 12.5 Å².